The van der Waals surface area contributed by atoms with Crippen molar-refractivity contribution in [3.05, 3.63) is 194 Å². The zero-order valence-corrected chi connectivity index (χ0v) is 29.9. The first-order valence-electron chi connectivity index (χ1n) is 19.0. The van der Waals surface area contributed by atoms with Gasteiger partial charge in [-0.2, -0.15) is 0 Å². The van der Waals surface area contributed by atoms with Gasteiger partial charge in [0.1, 0.15) is 11.2 Å². The van der Waals surface area contributed by atoms with Crippen LogP contribution in [-0.2, 0) is 0 Å². The van der Waals surface area contributed by atoms with Crippen molar-refractivity contribution in [1.29, 1.82) is 0 Å². The molecule has 1 heteroatoms. The first-order chi connectivity index (χ1) is 27.3. The summed E-state index contributed by atoms with van der Waals surface area (Å²) in [4.78, 5) is 0. The molecule has 1 aliphatic rings. The molecule has 0 fully saturated rings. The maximum atomic E-state index is 6.43. The molecular weight excluding hydrogens is 665 g/mol. The first-order valence-corrected chi connectivity index (χ1v) is 19.0. The Balaban J connectivity index is 1.12. The van der Waals surface area contributed by atoms with E-state index in [2.05, 4.69) is 194 Å². The standard InChI is InChI=1S/C54H32O/c1-2-14-34-32-52-50(29-33(34)13-1)49-31-36(26-28-51(49)55-52)54-46-23-11-9-21-44(46)53(45-22-10-12-24-47(45)54)35-25-27-43-41-19-6-5-17-39(41)37-15-3-4-16-38(37)40-18-7-8-20-42(40)48(43)30-35/h1-32H. The van der Waals surface area contributed by atoms with Crippen molar-refractivity contribution < 1.29 is 4.42 Å². The van der Waals surface area contributed by atoms with E-state index in [0.29, 0.717) is 0 Å². The molecule has 11 aromatic rings. The zero-order chi connectivity index (χ0) is 36.0. The SMILES string of the molecule is c1ccc2c(c1)-c1ccccc1-c1ccc(-c3c4ccccc4c(-c4ccc5oc6cc7ccccc7cc6c5c4)c4ccccc34)cc1-c1ccccc1-2. The normalized spacial score (nSPS) is 12.0. The van der Waals surface area contributed by atoms with Crippen LogP contribution in [0.4, 0.5) is 0 Å². The van der Waals surface area contributed by atoms with Crippen LogP contribution in [0.3, 0.4) is 0 Å². The van der Waals surface area contributed by atoms with E-state index in [0.717, 1.165) is 21.9 Å². The van der Waals surface area contributed by atoms with Gasteiger partial charge in [0.2, 0.25) is 0 Å². The van der Waals surface area contributed by atoms with Crippen molar-refractivity contribution in [3.63, 3.8) is 0 Å². The molecule has 0 saturated heterocycles. The monoisotopic (exact) mass is 696 g/mol. The van der Waals surface area contributed by atoms with Crippen LogP contribution in [0.2, 0.25) is 0 Å². The van der Waals surface area contributed by atoms with Gasteiger partial charge in [0, 0.05) is 10.8 Å². The lowest BCUT2D eigenvalue weighted by Gasteiger charge is -2.24. The van der Waals surface area contributed by atoms with E-state index in [-0.39, 0.29) is 0 Å². The van der Waals surface area contributed by atoms with Gasteiger partial charge >= 0.3 is 0 Å². The molecule has 254 valence electrons. The average Bonchev–Trinajstić information content (AvgIpc) is 3.60. The van der Waals surface area contributed by atoms with Crippen LogP contribution in [0.15, 0.2) is 199 Å². The summed E-state index contributed by atoms with van der Waals surface area (Å²) in [5.41, 5.74) is 16.8. The highest BCUT2D eigenvalue weighted by molar-refractivity contribution is 6.23. The lowest BCUT2D eigenvalue weighted by atomic mass is 9.79. The molecule has 0 spiro atoms. The summed E-state index contributed by atoms with van der Waals surface area (Å²) in [6, 6.07) is 71.3. The lowest BCUT2D eigenvalue weighted by molar-refractivity contribution is 0.669. The van der Waals surface area contributed by atoms with E-state index < -0.39 is 0 Å². The van der Waals surface area contributed by atoms with E-state index in [4.69, 9.17) is 4.42 Å². The Morgan fingerprint density at radius 1 is 0.236 bits per heavy atom. The van der Waals surface area contributed by atoms with Crippen molar-refractivity contribution in [2.75, 3.05) is 0 Å². The highest BCUT2D eigenvalue weighted by atomic mass is 16.3. The van der Waals surface area contributed by atoms with Gasteiger partial charge in [-0.3, -0.25) is 0 Å². The molecule has 0 radical (unpaired) electrons. The molecule has 0 atom stereocenters. The summed E-state index contributed by atoms with van der Waals surface area (Å²) in [5.74, 6) is 0. The van der Waals surface area contributed by atoms with E-state index in [9.17, 15) is 0 Å². The summed E-state index contributed by atoms with van der Waals surface area (Å²) < 4.78 is 6.43. The van der Waals surface area contributed by atoms with Crippen LogP contribution in [-0.4, -0.2) is 0 Å². The predicted molar refractivity (Wildman–Crippen MR) is 232 cm³/mol. The van der Waals surface area contributed by atoms with Crippen molar-refractivity contribution in [3.8, 4) is 66.8 Å². The molecule has 0 unspecified atom stereocenters. The second-order valence-corrected chi connectivity index (χ2v) is 14.7. The Morgan fingerprint density at radius 2 is 0.618 bits per heavy atom. The van der Waals surface area contributed by atoms with Crippen LogP contribution >= 0.6 is 0 Å². The molecule has 1 nitrogen and oxygen atoms in total. The number of fused-ring (bicyclic) bond motifs is 14. The summed E-state index contributed by atoms with van der Waals surface area (Å²) >= 11 is 0. The second-order valence-electron chi connectivity index (χ2n) is 14.7. The third-order valence-corrected chi connectivity index (χ3v) is 11.8. The molecule has 12 rings (SSSR count). The highest BCUT2D eigenvalue weighted by Crippen LogP contribution is 2.50. The predicted octanol–water partition coefficient (Wildman–Crippen LogP) is 15.4. The molecule has 0 aliphatic heterocycles. The van der Waals surface area contributed by atoms with Crippen LogP contribution in [0, 0.1) is 0 Å². The molecule has 1 heterocycles. The number of hydrogen-bond donors (Lipinski definition) is 0. The quantitative estimate of drug-likeness (QED) is 0.164. The van der Waals surface area contributed by atoms with Crippen LogP contribution < -0.4 is 0 Å². The molecule has 1 aliphatic carbocycles. The molecule has 10 aromatic carbocycles. The summed E-state index contributed by atoms with van der Waals surface area (Å²) in [5, 5.41) is 9.64. The van der Waals surface area contributed by atoms with Gasteiger partial charge in [-0.15, -0.1) is 0 Å². The number of rotatable bonds is 2. The minimum absolute atomic E-state index is 0.907. The fourth-order valence-electron chi connectivity index (χ4n) is 9.38. The van der Waals surface area contributed by atoms with Crippen molar-refractivity contribution in [2.45, 2.75) is 0 Å². The minimum Gasteiger partial charge on any atom is -0.456 e. The Labute approximate surface area is 318 Å². The summed E-state index contributed by atoms with van der Waals surface area (Å²) in [6.45, 7) is 0. The lowest BCUT2D eigenvalue weighted by Crippen LogP contribution is -1.97. The van der Waals surface area contributed by atoms with Gasteiger partial charge in [0.15, 0.2) is 0 Å². The van der Waals surface area contributed by atoms with Crippen LogP contribution in [0.25, 0.3) is 121 Å². The third-order valence-electron chi connectivity index (χ3n) is 11.8. The fraction of sp³-hybridized carbons (Fsp3) is 0. The molecule has 0 amide bonds. The Morgan fingerprint density at radius 3 is 1.15 bits per heavy atom. The maximum Gasteiger partial charge on any atom is 0.136 e. The summed E-state index contributed by atoms with van der Waals surface area (Å²) in [6.07, 6.45) is 0. The summed E-state index contributed by atoms with van der Waals surface area (Å²) in [7, 11) is 0. The smallest absolute Gasteiger partial charge is 0.136 e. The maximum absolute atomic E-state index is 6.43. The molecule has 0 N–H and O–H groups in total. The van der Waals surface area contributed by atoms with Crippen LogP contribution in [0.1, 0.15) is 0 Å². The van der Waals surface area contributed by atoms with Gasteiger partial charge in [0.05, 0.1) is 0 Å². The van der Waals surface area contributed by atoms with E-state index in [1.54, 1.807) is 0 Å². The molecule has 1 aromatic heterocycles. The first kappa shape index (κ1) is 30.3. The average molecular weight is 697 g/mol. The van der Waals surface area contributed by atoms with Gasteiger partial charge in [0.25, 0.3) is 0 Å². The van der Waals surface area contributed by atoms with Gasteiger partial charge in [-0.05, 0) is 129 Å². The minimum atomic E-state index is 0.907. The number of benzene rings is 10. The molecule has 0 saturated carbocycles. The zero-order valence-electron chi connectivity index (χ0n) is 29.9. The third kappa shape index (κ3) is 4.48. The van der Waals surface area contributed by atoms with E-state index in [1.807, 2.05) is 0 Å². The Hall–Kier alpha value is -7.22. The topological polar surface area (TPSA) is 13.1 Å². The number of hydrogen-bond acceptors (Lipinski definition) is 1. The Kier molecular flexibility index (Phi) is 6.40. The van der Waals surface area contributed by atoms with Crippen molar-refractivity contribution in [2.24, 2.45) is 0 Å². The van der Waals surface area contributed by atoms with Gasteiger partial charge in [-0.25, -0.2) is 0 Å². The number of furan rings is 1. The van der Waals surface area contributed by atoms with Crippen molar-refractivity contribution >= 4 is 54.3 Å². The second kappa shape index (κ2) is 11.6. The molecular formula is C54H32O. The fourth-order valence-corrected chi connectivity index (χ4v) is 9.38. The van der Waals surface area contributed by atoms with E-state index in [1.165, 1.54) is 99.1 Å². The molecule has 55 heavy (non-hydrogen) atoms. The molecule has 0 bridgehead atoms. The van der Waals surface area contributed by atoms with Crippen LogP contribution in [0.5, 0.6) is 0 Å². The Bertz CT molecular complexity index is 3320. The van der Waals surface area contributed by atoms with Crippen molar-refractivity contribution in [1.82, 2.24) is 0 Å². The largest absolute Gasteiger partial charge is 0.456 e. The highest BCUT2D eigenvalue weighted by Gasteiger charge is 2.24. The van der Waals surface area contributed by atoms with Gasteiger partial charge in [-0.1, -0.05) is 164 Å². The van der Waals surface area contributed by atoms with Gasteiger partial charge < -0.3 is 4.42 Å². The van der Waals surface area contributed by atoms with E-state index >= 15 is 0 Å².